The van der Waals surface area contributed by atoms with E-state index in [1.807, 2.05) is 0 Å². The highest BCUT2D eigenvalue weighted by Crippen LogP contribution is 2.15. The molecule has 0 fully saturated rings. The number of ether oxygens (including phenoxy) is 1. The Morgan fingerprint density at radius 2 is 1.65 bits per heavy atom. The van der Waals surface area contributed by atoms with Gasteiger partial charge in [0.1, 0.15) is 0 Å². The van der Waals surface area contributed by atoms with Gasteiger partial charge in [0.25, 0.3) is 0 Å². The highest BCUT2D eigenvalue weighted by Gasteiger charge is 2.13. The predicted octanol–water partition coefficient (Wildman–Crippen LogP) is 0.0665. The minimum Gasteiger partial charge on any atom is -0.465 e. The lowest BCUT2D eigenvalue weighted by Gasteiger charge is -2.20. The predicted molar refractivity (Wildman–Crippen MR) is 64.1 cm³/mol. The molecule has 0 saturated heterocycles. The molecule has 0 unspecified atom stereocenters. The van der Waals surface area contributed by atoms with Crippen molar-refractivity contribution in [1.29, 1.82) is 10.8 Å². The molecule has 17 heavy (non-hydrogen) atoms. The molecule has 7 nitrogen and oxygen atoms in total. The zero-order valence-corrected chi connectivity index (χ0v) is 9.23. The number of hydrogen-bond donors (Lipinski definition) is 4. The summed E-state index contributed by atoms with van der Waals surface area (Å²) in [5, 5.41) is 14.6. The third kappa shape index (κ3) is 2.71. The molecule has 0 aliphatic rings. The van der Waals surface area contributed by atoms with E-state index >= 15 is 0 Å². The van der Waals surface area contributed by atoms with Gasteiger partial charge in [-0.1, -0.05) is 0 Å². The first-order valence-electron chi connectivity index (χ1n) is 4.64. The van der Waals surface area contributed by atoms with Crippen LogP contribution in [0, 0.1) is 10.8 Å². The number of hydrogen-bond acceptors (Lipinski definition) is 4. The summed E-state index contributed by atoms with van der Waals surface area (Å²) in [4.78, 5) is 12.2. The van der Waals surface area contributed by atoms with Crippen molar-refractivity contribution in [2.45, 2.75) is 0 Å². The van der Waals surface area contributed by atoms with E-state index in [-0.39, 0.29) is 11.9 Å². The van der Waals surface area contributed by atoms with Crippen LogP contribution in [-0.2, 0) is 4.74 Å². The standard InChI is InChI=1S/C10H13N5O2/c1-17-8(16)6-2-4-7(5-3-6)15(9(11)12)10(13)14/h2-5H,1H3,(H3,11,12)(H3,13,14). The SMILES string of the molecule is COC(=O)c1ccc(N(C(=N)N)C(=N)N)cc1. The normalized spacial score (nSPS) is 9.47. The van der Waals surface area contributed by atoms with E-state index in [0.717, 1.165) is 4.90 Å². The molecular weight excluding hydrogens is 222 g/mol. The molecule has 0 heterocycles. The summed E-state index contributed by atoms with van der Waals surface area (Å²) < 4.78 is 4.55. The van der Waals surface area contributed by atoms with Crippen molar-refractivity contribution >= 4 is 23.6 Å². The first kappa shape index (κ1) is 12.5. The van der Waals surface area contributed by atoms with Gasteiger partial charge in [0, 0.05) is 0 Å². The number of esters is 1. The van der Waals surface area contributed by atoms with Crippen LogP contribution in [0.5, 0.6) is 0 Å². The Kier molecular flexibility index (Phi) is 3.66. The Bertz CT molecular complexity index is 440. The van der Waals surface area contributed by atoms with E-state index in [1.54, 1.807) is 0 Å². The first-order chi connectivity index (χ1) is 7.97. The Morgan fingerprint density at radius 3 is 2.00 bits per heavy atom. The maximum absolute atomic E-state index is 11.2. The van der Waals surface area contributed by atoms with Crippen LogP contribution in [0.25, 0.3) is 0 Å². The van der Waals surface area contributed by atoms with Gasteiger partial charge in [-0.05, 0) is 24.3 Å². The van der Waals surface area contributed by atoms with Gasteiger partial charge in [-0.15, -0.1) is 0 Å². The van der Waals surface area contributed by atoms with Crippen molar-refractivity contribution in [3.05, 3.63) is 29.8 Å². The molecule has 0 amide bonds. The number of nitrogens with zero attached hydrogens (tertiary/aromatic N) is 1. The molecule has 0 aromatic heterocycles. The number of carbonyl (C=O) groups is 1. The van der Waals surface area contributed by atoms with Gasteiger partial charge in [-0.2, -0.15) is 0 Å². The highest BCUT2D eigenvalue weighted by atomic mass is 16.5. The maximum Gasteiger partial charge on any atom is 0.337 e. The summed E-state index contributed by atoms with van der Waals surface area (Å²) in [6.07, 6.45) is 0. The van der Waals surface area contributed by atoms with Crippen LogP contribution in [0.4, 0.5) is 5.69 Å². The molecule has 0 bridgehead atoms. The minimum absolute atomic E-state index is 0.364. The summed E-state index contributed by atoms with van der Waals surface area (Å²) in [6, 6.07) is 6.05. The number of benzene rings is 1. The molecule has 0 atom stereocenters. The molecule has 1 rings (SSSR count). The third-order valence-electron chi connectivity index (χ3n) is 2.03. The molecular formula is C10H13N5O2. The maximum atomic E-state index is 11.2. The van der Waals surface area contributed by atoms with E-state index in [4.69, 9.17) is 22.3 Å². The average molecular weight is 235 g/mol. The van der Waals surface area contributed by atoms with E-state index in [1.165, 1.54) is 31.4 Å². The molecule has 1 aromatic rings. The molecule has 1 aromatic carbocycles. The van der Waals surface area contributed by atoms with Crippen molar-refractivity contribution in [2.75, 3.05) is 12.0 Å². The quantitative estimate of drug-likeness (QED) is 0.327. The monoisotopic (exact) mass is 235 g/mol. The van der Waals surface area contributed by atoms with Crippen LogP contribution in [-0.4, -0.2) is 25.0 Å². The van der Waals surface area contributed by atoms with Crippen molar-refractivity contribution < 1.29 is 9.53 Å². The number of nitrogens with one attached hydrogen (secondary N) is 2. The topological polar surface area (TPSA) is 129 Å². The summed E-state index contributed by atoms with van der Waals surface area (Å²) in [5.41, 5.74) is 11.4. The van der Waals surface area contributed by atoms with E-state index in [0.29, 0.717) is 11.3 Å². The van der Waals surface area contributed by atoms with Crippen molar-refractivity contribution in [3.8, 4) is 0 Å². The van der Waals surface area contributed by atoms with Crippen LogP contribution < -0.4 is 16.4 Å². The smallest absolute Gasteiger partial charge is 0.337 e. The molecule has 7 heteroatoms. The molecule has 0 radical (unpaired) electrons. The number of rotatable bonds is 2. The van der Waals surface area contributed by atoms with Crippen LogP contribution in [0.2, 0.25) is 0 Å². The fourth-order valence-electron chi connectivity index (χ4n) is 1.27. The lowest BCUT2D eigenvalue weighted by atomic mass is 10.2. The van der Waals surface area contributed by atoms with Crippen LogP contribution in [0.3, 0.4) is 0 Å². The van der Waals surface area contributed by atoms with Crippen LogP contribution in [0.1, 0.15) is 10.4 Å². The molecule has 6 N–H and O–H groups in total. The number of carbonyl (C=O) groups excluding carboxylic acids is 1. The second-order valence-corrected chi connectivity index (χ2v) is 3.14. The van der Waals surface area contributed by atoms with Crippen molar-refractivity contribution in [1.82, 2.24) is 0 Å². The van der Waals surface area contributed by atoms with Gasteiger partial charge < -0.3 is 16.2 Å². The summed E-state index contributed by atoms with van der Waals surface area (Å²) >= 11 is 0. The summed E-state index contributed by atoms with van der Waals surface area (Å²) in [7, 11) is 1.29. The van der Waals surface area contributed by atoms with E-state index < -0.39 is 5.97 Å². The number of methoxy groups -OCH3 is 1. The Morgan fingerprint density at radius 1 is 1.18 bits per heavy atom. The minimum atomic E-state index is -0.464. The second kappa shape index (κ2) is 4.97. The molecule has 0 saturated carbocycles. The number of guanidine groups is 2. The fraction of sp³-hybridized carbons (Fsp3) is 0.100. The zero-order valence-electron chi connectivity index (χ0n) is 9.23. The van der Waals surface area contributed by atoms with Gasteiger partial charge in [0.2, 0.25) is 0 Å². The molecule has 90 valence electrons. The first-order valence-corrected chi connectivity index (χ1v) is 4.64. The Balaban J connectivity index is 3.04. The van der Waals surface area contributed by atoms with E-state index in [2.05, 4.69) is 4.74 Å². The lowest BCUT2D eigenvalue weighted by Crippen LogP contribution is -2.45. The number of anilines is 1. The van der Waals surface area contributed by atoms with Crippen LogP contribution in [0.15, 0.2) is 24.3 Å². The zero-order chi connectivity index (χ0) is 13.0. The Hall–Kier alpha value is -2.57. The average Bonchev–Trinajstić information content (AvgIpc) is 2.28. The van der Waals surface area contributed by atoms with E-state index in [9.17, 15) is 4.79 Å². The van der Waals surface area contributed by atoms with Gasteiger partial charge in [0.15, 0.2) is 11.9 Å². The second-order valence-electron chi connectivity index (χ2n) is 3.14. The van der Waals surface area contributed by atoms with Gasteiger partial charge in [0.05, 0.1) is 18.4 Å². The summed E-state index contributed by atoms with van der Waals surface area (Å²) in [6.45, 7) is 0. The van der Waals surface area contributed by atoms with Crippen molar-refractivity contribution in [3.63, 3.8) is 0 Å². The summed E-state index contributed by atoms with van der Waals surface area (Å²) in [5.74, 6) is -1.21. The van der Waals surface area contributed by atoms with Crippen LogP contribution >= 0.6 is 0 Å². The van der Waals surface area contributed by atoms with Gasteiger partial charge >= 0.3 is 5.97 Å². The molecule has 0 aliphatic carbocycles. The lowest BCUT2D eigenvalue weighted by molar-refractivity contribution is 0.0601. The molecule has 0 aliphatic heterocycles. The third-order valence-corrected chi connectivity index (χ3v) is 2.03. The number of nitrogens with two attached hydrogens (primary N) is 2. The largest absolute Gasteiger partial charge is 0.465 e. The van der Waals surface area contributed by atoms with Crippen molar-refractivity contribution in [2.24, 2.45) is 11.5 Å². The van der Waals surface area contributed by atoms with Gasteiger partial charge in [-0.25, -0.2) is 4.79 Å². The van der Waals surface area contributed by atoms with Gasteiger partial charge in [-0.3, -0.25) is 15.7 Å². The molecule has 0 spiro atoms. The fourth-order valence-corrected chi connectivity index (χ4v) is 1.27. The Labute approximate surface area is 98.0 Å². The highest BCUT2D eigenvalue weighted by molar-refractivity contribution is 6.14.